The van der Waals surface area contributed by atoms with Crippen molar-refractivity contribution in [1.82, 2.24) is 0 Å². The predicted molar refractivity (Wildman–Crippen MR) is 98.0 cm³/mol. The first-order valence-electron chi connectivity index (χ1n) is 6.92. The molecule has 2 amide bonds. The number of carbonyl (C=O) groups excluding carboxylic acids is 2. The number of rotatable bonds is 3. The standard InChI is InChI=1S/C16H5Cl4NO6/c17-9-7-8(10(18)12(20)11(9)19)14(23)21(13(7)22)6-2-4(15(24)25)1-5(3-6)16(26)27/h1-3H,(H,24,25)(H,26,27). The lowest BCUT2D eigenvalue weighted by Gasteiger charge is -2.15. The summed E-state index contributed by atoms with van der Waals surface area (Å²) in [6.45, 7) is 0. The van der Waals surface area contributed by atoms with Gasteiger partial charge in [-0.15, -0.1) is 0 Å². The third-order valence-electron chi connectivity index (χ3n) is 3.77. The average molecular weight is 449 g/mol. The van der Waals surface area contributed by atoms with Crippen LogP contribution in [0.25, 0.3) is 0 Å². The first-order chi connectivity index (χ1) is 12.6. The van der Waals surface area contributed by atoms with Crippen molar-refractivity contribution < 1.29 is 29.4 Å². The molecule has 1 aliphatic rings. The second-order valence-electron chi connectivity index (χ2n) is 5.33. The Kier molecular flexibility index (Phi) is 4.81. The van der Waals surface area contributed by atoms with Gasteiger partial charge in [-0.05, 0) is 18.2 Å². The highest BCUT2D eigenvalue weighted by Gasteiger charge is 2.42. The minimum atomic E-state index is -1.45. The van der Waals surface area contributed by atoms with Gasteiger partial charge in [-0.25, -0.2) is 14.5 Å². The largest absolute Gasteiger partial charge is 0.478 e. The van der Waals surface area contributed by atoms with E-state index in [4.69, 9.17) is 56.6 Å². The minimum Gasteiger partial charge on any atom is -0.478 e. The Morgan fingerprint density at radius 2 is 1.07 bits per heavy atom. The zero-order chi connectivity index (χ0) is 20.2. The van der Waals surface area contributed by atoms with Gasteiger partial charge < -0.3 is 10.2 Å². The van der Waals surface area contributed by atoms with Crippen LogP contribution in [0.2, 0.25) is 20.1 Å². The monoisotopic (exact) mass is 447 g/mol. The average Bonchev–Trinajstić information content (AvgIpc) is 2.88. The summed E-state index contributed by atoms with van der Waals surface area (Å²) in [7, 11) is 0. The van der Waals surface area contributed by atoms with Gasteiger partial charge in [0.25, 0.3) is 11.8 Å². The number of imide groups is 1. The van der Waals surface area contributed by atoms with E-state index in [2.05, 4.69) is 0 Å². The number of fused-ring (bicyclic) bond motifs is 1. The fourth-order valence-electron chi connectivity index (χ4n) is 2.57. The highest BCUT2D eigenvalue weighted by molar-refractivity contribution is 6.56. The Morgan fingerprint density at radius 3 is 1.41 bits per heavy atom. The van der Waals surface area contributed by atoms with E-state index in [1.54, 1.807) is 0 Å². The summed E-state index contributed by atoms with van der Waals surface area (Å²) >= 11 is 23.9. The van der Waals surface area contributed by atoms with Crippen molar-refractivity contribution in [2.75, 3.05) is 4.90 Å². The molecule has 1 aliphatic heterocycles. The number of aromatic carboxylic acids is 2. The lowest BCUT2D eigenvalue weighted by Crippen LogP contribution is -2.30. The van der Waals surface area contributed by atoms with E-state index < -0.39 is 34.9 Å². The fourth-order valence-corrected chi connectivity index (χ4v) is 3.59. The Balaban J connectivity index is 2.26. The molecule has 2 aromatic carbocycles. The Morgan fingerprint density at radius 1 is 0.704 bits per heavy atom. The van der Waals surface area contributed by atoms with E-state index in [-0.39, 0.29) is 36.9 Å². The van der Waals surface area contributed by atoms with E-state index >= 15 is 0 Å². The molecule has 0 aromatic heterocycles. The molecule has 0 spiro atoms. The molecule has 0 radical (unpaired) electrons. The molecule has 0 saturated carbocycles. The smallest absolute Gasteiger partial charge is 0.335 e. The normalized spacial score (nSPS) is 13.1. The SMILES string of the molecule is O=C(O)c1cc(C(=O)O)cc(N2C(=O)c3c(Cl)c(Cl)c(Cl)c(Cl)c3C2=O)c1. The van der Waals surface area contributed by atoms with Crippen LogP contribution in [0.3, 0.4) is 0 Å². The highest BCUT2D eigenvalue weighted by atomic mass is 35.5. The third kappa shape index (κ3) is 2.93. The molecule has 0 unspecified atom stereocenters. The number of carboxylic acids is 2. The van der Waals surface area contributed by atoms with E-state index in [0.717, 1.165) is 18.2 Å². The van der Waals surface area contributed by atoms with Gasteiger partial charge in [0.15, 0.2) is 0 Å². The maximum absolute atomic E-state index is 12.8. The van der Waals surface area contributed by atoms with Crippen molar-refractivity contribution in [3.8, 4) is 0 Å². The second-order valence-corrected chi connectivity index (χ2v) is 6.84. The van der Waals surface area contributed by atoms with E-state index in [0.29, 0.717) is 4.90 Å². The van der Waals surface area contributed by atoms with Crippen molar-refractivity contribution in [2.24, 2.45) is 0 Å². The number of carbonyl (C=O) groups is 4. The maximum Gasteiger partial charge on any atom is 0.335 e. The number of hydrogen-bond donors (Lipinski definition) is 2. The number of amides is 2. The van der Waals surface area contributed by atoms with Crippen LogP contribution in [0.1, 0.15) is 41.4 Å². The number of nitrogens with zero attached hydrogens (tertiary/aromatic N) is 1. The topological polar surface area (TPSA) is 112 Å². The lowest BCUT2D eigenvalue weighted by molar-refractivity contribution is 0.0695. The van der Waals surface area contributed by atoms with Gasteiger partial charge in [-0.1, -0.05) is 46.4 Å². The number of halogens is 4. The number of carboxylic acid groups (broad SMARTS) is 2. The van der Waals surface area contributed by atoms with Crippen LogP contribution in [-0.2, 0) is 0 Å². The first kappa shape index (κ1) is 19.4. The van der Waals surface area contributed by atoms with E-state index in [1.807, 2.05) is 0 Å². The van der Waals surface area contributed by atoms with Gasteiger partial charge in [0.2, 0.25) is 0 Å². The predicted octanol–water partition coefficient (Wildman–Crippen LogP) is 4.50. The molecule has 0 fully saturated rings. The second kappa shape index (κ2) is 6.69. The quantitative estimate of drug-likeness (QED) is 0.406. The summed E-state index contributed by atoms with van der Waals surface area (Å²) in [6, 6.07) is 2.84. The van der Waals surface area contributed by atoms with Crippen LogP contribution in [0, 0.1) is 0 Å². The molecule has 3 rings (SSSR count). The molecular formula is C16H5Cl4NO6. The van der Waals surface area contributed by atoms with Gasteiger partial charge in [0, 0.05) is 0 Å². The first-order valence-corrected chi connectivity index (χ1v) is 8.43. The molecule has 27 heavy (non-hydrogen) atoms. The Labute approximate surface area is 170 Å². The zero-order valence-corrected chi connectivity index (χ0v) is 15.7. The summed E-state index contributed by atoms with van der Waals surface area (Å²) in [6.07, 6.45) is 0. The molecule has 2 aromatic rings. The molecule has 11 heteroatoms. The Hall–Kier alpha value is -2.32. The highest BCUT2D eigenvalue weighted by Crippen LogP contribution is 2.45. The van der Waals surface area contributed by atoms with Crippen molar-refractivity contribution in [3.05, 3.63) is 60.5 Å². The molecule has 2 N–H and O–H groups in total. The summed E-state index contributed by atoms with van der Waals surface area (Å²) in [5.41, 5.74) is -1.76. The van der Waals surface area contributed by atoms with Crippen LogP contribution in [0.5, 0.6) is 0 Å². The van der Waals surface area contributed by atoms with Crippen LogP contribution in [-0.4, -0.2) is 34.0 Å². The van der Waals surface area contributed by atoms with Crippen molar-refractivity contribution in [3.63, 3.8) is 0 Å². The van der Waals surface area contributed by atoms with Crippen LogP contribution < -0.4 is 4.90 Å². The number of hydrogen-bond acceptors (Lipinski definition) is 4. The molecule has 138 valence electrons. The summed E-state index contributed by atoms with van der Waals surface area (Å²) in [5, 5.41) is 17.3. The van der Waals surface area contributed by atoms with Crippen molar-refractivity contribution >= 4 is 75.8 Å². The van der Waals surface area contributed by atoms with E-state index in [9.17, 15) is 19.2 Å². The molecule has 7 nitrogen and oxygen atoms in total. The van der Waals surface area contributed by atoms with Gasteiger partial charge in [0.05, 0.1) is 48.0 Å². The summed E-state index contributed by atoms with van der Waals surface area (Å²) in [5.74, 6) is -4.78. The number of benzene rings is 2. The summed E-state index contributed by atoms with van der Waals surface area (Å²) < 4.78 is 0. The molecule has 1 heterocycles. The van der Waals surface area contributed by atoms with Crippen molar-refractivity contribution in [2.45, 2.75) is 0 Å². The molecular weight excluding hydrogens is 444 g/mol. The van der Waals surface area contributed by atoms with Crippen molar-refractivity contribution in [1.29, 1.82) is 0 Å². The molecule has 0 saturated heterocycles. The number of anilines is 1. The van der Waals surface area contributed by atoms with Crippen LogP contribution in [0.15, 0.2) is 18.2 Å². The Bertz CT molecular complexity index is 1000. The van der Waals surface area contributed by atoms with Gasteiger partial charge in [-0.3, -0.25) is 9.59 Å². The van der Waals surface area contributed by atoms with E-state index in [1.165, 1.54) is 0 Å². The van der Waals surface area contributed by atoms with Gasteiger partial charge >= 0.3 is 11.9 Å². The third-order valence-corrected chi connectivity index (χ3v) is 5.57. The fraction of sp³-hybridized carbons (Fsp3) is 0. The molecule has 0 atom stereocenters. The van der Waals surface area contributed by atoms with Gasteiger partial charge in [0.1, 0.15) is 0 Å². The lowest BCUT2D eigenvalue weighted by atomic mass is 10.1. The minimum absolute atomic E-state index is 0.226. The van der Waals surface area contributed by atoms with Crippen LogP contribution >= 0.6 is 46.4 Å². The molecule has 0 bridgehead atoms. The van der Waals surface area contributed by atoms with Gasteiger partial charge in [-0.2, -0.15) is 0 Å². The maximum atomic E-state index is 12.8. The zero-order valence-electron chi connectivity index (χ0n) is 12.7. The molecule has 0 aliphatic carbocycles. The van der Waals surface area contributed by atoms with Crippen LogP contribution in [0.4, 0.5) is 5.69 Å². The summed E-state index contributed by atoms with van der Waals surface area (Å²) in [4.78, 5) is 48.6.